The molecule has 0 saturated carbocycles. The first kappa shape index (κ1) is 23.9. The van der Waals surface area contributed by atoms with Gasteiger partial charge in [-0.2, -0.15) is 0 Å². The molecule has 0 fully saturated rings. The first-order valence-electron chi connectivity index (χ1n) is 11.4. The van der Waals surface area contributed by atoms with Gasteiger partial charge < -0.3 is 29.6 Å². The number of methoxy groups -OCH3 is 1. The second kappa shape index (κ2) is 11.3. The van der Waals surface area contributed by atoms with Crippen LogP contribution in [-0.4, -0.2) is 38.6 Å². The summed E-state index contributed by atoms with van der Waals surface area (Å²) in [6, 6.07) is 19.6. The van der Waals surface area contributed by atoms with Crippen molar-refractivity contribution in [2.24, 2.45) is 0 Å². The third-order valence-corrected chi connectivity index (χ3v) is 5.57. The van der Waals surface area contributed by atoms with E-state index in [9.17, 15) is 9.59 Å². The molecule has 0 bridgehead atoms. The Bertz CT molecular complexity index is 1180. The lowest BCUT2D eigenvalue weighted by Gasteiger charge is -2.20. The number of para-hydroxylation sites is 1. The Morgan fingerprint density at radius 1 is 0.943 bits per heavy atom. The Kier molecular flexibility index (Phi) is 7.72. The average Bonchev–Trinajstić information content (AvgIpc) is 3.33. The highest BCUT2D eigenvalue weighted by molar-refractivity contribution is 6.00. The van der Waals surface area contributed by atoms with E-state index in [4.69, 9.17) is 18.9 Å². The zero-order valence-corrected chi connectivity index (χ0v) is 19.7. The first-order valence-corrected chi connectivity index (χ1v) is 11.4. The molecule has 2 N–H and O–H groups in total. The largest absolute Gasteiger partial charge is 0.497 e. The minimum absolute atomic E-state index is 0.203. The average molecular weight is 477 g/mol. The molecule has 8 nitrogen and oxygen atoms in total. The molecule has 0 radical (unpaired) electrons. The second-order valence-electron chi connectivity index (χ2n) is 8.01. The summed E-state index contributed by atoms with van der Waals surface area (Å²) in [5.41, 5.74) is 2.73. The van der Waals surface area contributed by atoms with Crippen molar-refractivity contribution in [1.29, 1.82) is 0 Å². The van der Waals surface area contributed by atoms with E-state index in [-0.39, 0.29) is 19.4 Å². The lowest BCUT2D eigenvalue weighted by Crippen LogP contribution is -2.41. The molecular formula is C27H28N2O6. The van der Waals surface area contributed by atoms with Crippen LogP contribution in [0.1, 0.15) is 28.4 Å². The van der Waals surface area contributed by atoms with Crippen LogP contribution in [0, 0.1) is 0 Å². The number of carbonyl (C=O) groups excluding carboxylic acids is 2. The van der Waals surface area contributed by atoms with Crippen LogP contribution in [0.2, 0.25) is 0 Å². The van der Waals surface area contributed by atoms with Gasteiger partial charge in [0.25, 0.3) is 0 Å². The van der Waals surface area contributed by atoms with Gasteiger partial charge >= 0.3 is 12.0 Å². The van der Waals surface area contributed by atoms with E-state index >= 15 is 0 Å². The van der Waals surface area contributed by atoms with Crippen molar-refractivity contribution in [3.8, 4) is 17.2 Å². The first-order chi connectivity index (χ1) is 17.1. The van der Waals surface area contributed by atoms with Gasteiger partial charge in [0, 0.05) is 6.04 Å². The molecular weight excluding hydrogens is 448 g/mol. The molecule has 1 aliphatic rings. The number of hydrogen-bond donors (Lipinski definition) is 2. The number of benzene rings is 3. The van der Waals surface area contributed by atoms with Crippen LogP contribution in [0.5, 0.6) is 17.2 Å². The zero-order chi connectivity index (χ0) is 24.6. The molecule has 2 amide bonds. The van der Waals surface area contributed by atoms with Gasteiger partial charge in [-0.3, -0.25) is 0 Å². The van der Waals surface area contributed by atoms with E-state index in [1.807, 2.05) is 42.5 Å². The third kappa shape index (κ3) is 6.23. The van der Waals surface area contributed by atoms with Crippen LogP contribution < -0.4 is 24.8 Å². The van der Waals surface area contributed by atoms with Crippen molar-refractivity contribution in [2.45, 2.75) is 25.8 Å². The summed E-state index contributed by atoms with van der Waals surface area (Å²) >= 11 is 0. The maximum Gasteiger partial charge on any atom is 0.340 e. The number of ether oxygens (including phenoxy) is 4. The van der Waals surface area contributed by atoms with Crippen molar-refractivity contribution in [1.82, 2.24) is 5.32 Å². The van der Waals surface area contributed by atoms with Gasteiger partial charge in [0.05, 0.1) is 25.0 Å². The molecule has 4 rings (SSSR count). The molecule has 1 heterocycles. The summed E-state index contributed by atoms with van der Waals surface area (Å²) in [5.74, 6) is 1.68. The maximum atomic E-state index is 13.0. The highest BCUT2D eigenvalue weighted by Gasteiger charge is 2.19. The van der Waals surface area contributed by atoms with Crippen LogP contribution in [0.15, 0.2) is 66.7 Å². The number of urea groups is 1. The molecule has 0 aliphatic carbocycles. The second-order valence-corrected chi connectivity index (χ2v) is 8.01. The summed E-state index contributed by atoms with van der Waals surface area (Å²) in [5, 5.41) is 5.85. The number of rotatable bonds is 9. The van der Waals surface area contributed by atoms with E-state index in [2.05, 4.69) is 10.6 Å². The highest BCUT2D eigenvalue weighted by Crippen LogP contribution is 2.33. The van der Waals surface area contributed by atoms with Crippen molar-refractivity contribution >= 4 is 17.7 Å². The van der Waals surface area contributed by atoms with E-state index in [1.165, 1.54) is 0 Å². The molecule has 1 aliphatic heterocycles. The molecule has 0 spiro atoms. The van der Waals surface area contributed by atoms with E-state index in [1.54, 1.807) is 38.3 Å². The SMILES string of the molecule is CCOC(=O)c1ccccc1NC(=O)NC(Cc1ccc(OC)cc1)Cc1ccc2c(c1)OCO2. The van der Waals surface area contributed by atoms with E-state index in [0.717, 1.165) is 16.9 Å². The van der Waals surface area contributed by atoms with Gasteiger partial charge in [0.2, 0.25) is 6.79 Å². The molecule has 0 aromatic heterocycles. The van der Waals surface area contributed by atoms with Gasteiger partial charge in [0.15, 0.2) is 11.5 Å². The third-order valence-electron chi connectivity index (χ3n) is 5.57. The van der Waals surface area contributed by atoms with E-state index in [0.29, 0.717) is 35.6 Å². The quantitative estimate of drug-likeness (QED) is 0.439. The molecule has 1 atom stereocenters. The number of esters is 1. The number of amides is 2. The van der Waals surface area contributed by atoms with Crippen LogP contribution >= 0.6 is 0 Å². The van der Waals surface area contributed by atoms with Crippen LogP contribution in [0.25, 0.3) is 0 Å². The van der Waals surface area contributed by atoms with Crippen molar-refractivity contribution < 1.29 is 28.5 Å². The van der Waals surface area contributed by atoms with Gasteiger partial charge in [-0.1, -0.05) is 30.3 Å². The zero-order valence-electron chi connectivity index (χ0n) is 19.7. The lowest BCUT2D eigenvalue weighted by molar-refractivity contribution is 0.0527. The fraction of sp³-hybridized carbons (Fsp3) is 0.259. The van der Waals surface area contributed by atoms with Crippen molar-refractivity contribution in [3.05, 3.63) is 83.4 Å². The van der Waals surface area contributed by atoms with E-state index < -0.39 is 12.0 Å². The summed E-state index contributed by atoms with van der Waals surface area (Å²) < 4.78 is 21.3. The molecule has 182 valence electrons. The monoisotopic (exact) mass is 476 g/mol. The Morgan fingerprint density at radius 2 is 1.66 bits per heavy atom. The predicted molar refractivity (Wildman–Crippen MR) is 131 cm³/mol. The summed E-state index contributed by atoms with van der Waals surface area (Å²) in [4.78, 5) is 25.3. The number of fused-ring (bicyclic) bond motifs is 1. The fourth-order valence-corrected chi connectivity index (χ4v) is 3.90. The number of carbonyl (C=O) groups is 2. The van der Waals surface area contributed by atoms with Crippen LogP contribution in [0.3, 0.4) is 0 Å². The molecule has 0 saturated heterocycles. The molecule has 3 aromatic rings. The Morgan fingerprint density at radius 3 is 2.43 bits per heavy atom. The van der Waals surface area contributed by atoms with Crippen molar-refractivity contribution in [3.63, 3.8) is 0 Å². The standard InChI is InChI=1S/C27H28N2O6/c1-3-33-26(30)22-6-4-5-7-23(22)29-27(31)28-20(14-18-8-11-21(32-2)12-9-18)15-19-10-13-24-25(16-19)35-17-34-24/h4-13,16,20H,3,14-15,17H2,1-2H3,(H2,28,29,31). The topological polar surface area (TPSA) is 95.1 Å². The van der Waals surface area contributed by atoms with Crippen LogP contribution in [-0.2, 0) is 17.6 Å². The van der Waals surface area contributed by atoms with Gasteiger partial charge in [-0.15, -0.1) is 0 Å². The Labute approximate surface area is 204 Å². The highest BCUT2D eigenvalue weighted by atomic mass is 16.7. The fourth-order valence-electron chi connectivity index (χ4n) is 3.90. The Hall–Kier alpha value is -4.20. The van der Waals surface area contributed by atoms with Gasteiger partial charge in [-0.25, -0.2) is 9.59 Å². The van der Waals surface area contributed by atoms with Crippen molar-refractivity contribution in [2.75, 3.05) is 25.8 Å². The maximum absolute atomic E-state index is 13.0. The number of hydrogen-bond acceptors (Lipinski definition) is 6. The summed E-state index contributed by atoms with van der Waals surface area (Å²) in [6.45, 7) is 2.19. The Balaban J connectivity index is 1.50. The number of nitrogens with one attached hydrogen (secondary N) is 2. The molecule has 3 aromatic carbocycles. The smallest absolute Gasteiger partial charge is 0.340 e. The van der Waals surface area contributed by atoms with Gasteiger partial charge in [0.1, 0.15) is 5.75 Å². The minimum atomic E-state index is -0.487. The molecule has 35 heavy (non-hydrogen) atoms. The molecule has 1 unspecified atom stereocenters. The normalized spacial score (nSPS) is 12.5. The molecule has 8 heteroatoms. The van der Waals surface area contributed by atoms with Gasteiger partial charge in [-0.05, 0) is 67.3 Å². The minimum Gasteiger partial charge on any atom is -0.497 e. The number of anilines is 1. The predicted octanol–water partition coefficient (Wildman–Crippen LogP) is 4.58. The van der Waals surface area contributed by atoms with Crippen LogP contribution in [0.4, 0.5) is 10.5 Å². The summed E-state index contributed by atoms with van der Waals surface area (Å²) in [7, 11) is 1.62. The summed E-state index contributed by atoms with van der Waals surface area (Å²) in [6.07, 6.45) is 1.15. The lowest BCUT2D eigenvalue weighted by atomic mass is 9.98.